The van der Waals surface area contributed by atoms with Gasteiger partial charge in [0, 0.05) is 24.7 Å². The van der Waals surface area contributed by atoms with Gasteiger partial charge >= 0.3 is 0 Å². The molecule has 1 saturated heterocycles. The van der Waals surface area contributed by atoms with E-state index < -0.39 is 10.0 Å². The summed E-state index contributed by atoms with van der Waals surface area (Å²) in [5, 5.41) is 6.32. The summed E-state index contributed by atoms with van der Waals surface area (Å²) < 4.78 is 26.8. The molecule has 0 aliphatic carbocycles. The fourth-order valence-corrected chi connectivity index (χ4v) is 4.51. The third kappa shape index (κ3) is 2.61. The number of nitrogens with one attached hydrogen (secondary N) is 1. The van der Waals surface area contributed by atoms with Gasteiger partial charge in [0.05, 0.1) is 6.20 Å². The summed E-state index contributed by atoms with van der Waals surface area (Å²) in [6, 6.07) is 10.1. The first-order valence-corrected chi connectivity index (χ1v) is 8.51. The van der Waals surface area contributed by atoms with Crippen LogP contribution >= 0.6 is 0 Å². The Bertz CT molecular complexity index is 698. The highest BCUT2D eigenvalue weighted by molar-refractivity contribution is 7.89. The molecule has 1 aromatic carbocycles. The molecule has 2 heterocycles. The van der Waals surface area contributed by atoms with Crippen LogP contribution in [-0.2, 0) is 15.4 Å². The minimum Gasteiger partial charge on any atom is -0.284 e. The lowest BCUT2D eigenvalue weighted by Crippen LogP contribution is -2.46. The van der Waals surface area contributed by atoms with Crippen molar-refractivity contribution in [1.29, 1.82) is 0 Å². The molecule has 0 bridgehead atoms. The summed E-state index contributed by atoms with van der Waals surface area (Å²) in [6.45, 7) is 3.21. The minimum absolute atomic E-state index is 0.143. The summed E-state index contributed by atoms with van der Waals surface area (Å²) in [6.07, 6.45) is 4.66. The van der Waals surface area contributed by atoms with Crippen molar-refractivity contribution in [2.75, 3.05) is 13.1 Å². The maximum atomic E-state index is 12.6. The number of rotatable bonds is 3. The number of aromatic amines is 1. The van der Waals surface area contributed by atoms with E-state index >= 15 is 0 Å². The smallest absolute Gasteiger partial charge is 0.246 e. The monoisotopic (exact) mass is 305 g/mol. The number of piperidine rings is 1. The van der Waals surface area contributed by atoms with E-state index in [2.05, 4.69) is 29.3 Å². The number of nitrogens with zero attached hydrogens (tertiary/aromatic N) is 2. The molecule has 0 unspecified atom stereocenters. The van der Waals surface area contributed by atoms with Crippen LogP contribution in [-0.4, -0.2) is 36.0 Å². The summed E-state index contributed by atoms with van der Waals surface area (Å²) in [5.74, 6) is 0. The molecule has 2 aromatic rings. The largest absolute Gasteiger partial charge is 0.284 e. The Labute approximate surface area is 125 Å². The number of benzene rings is 1. The predicted octanol–water partition coefficient (Wildman–Crippen LogP) is 2.15. The maximum absolute atomic E-state index is 12.6. The van der Waals surface area contributed by atoms with Crippen molar-refractivity contribution in [1.82, 2.24) is 14.5 Å². The quantitative estimate of drug-likeness (QED) is 0.945. The first-order chi connectivity index (χ1) is 10.0. The Balaban J connectivity index is 1.90. The molecule has 1 N–H and O–H groups in total. The summed E-state index contributed by atoms with van der Waals surface area (Å²) in [4.78, 5) is 0.236. The average Bonchev–Trinajstić information content (AvgIpc) is 3.03. The standard InChI is InChI=1S/C15H19N3O2S/c1-15(13-6-3-2-4-7-13)8-5-9-18(12-15)21(19,20)14-10-16-17-11-14/h2-4,6-7,10-11H,5,8-9,12H2,1H3,(H,16,17)/t15-/m1/s1. The third-order valence-corrected chi connectivity index (χ3v) is 6.05. The van der Waals surface area contributed by atoms with Crippen molar-refractivity contribution in [2.24, 2.45) is 0 Å². The van der Waals surface area contributed by atoms with E-state index in [1.54, 1.807) is 4.31 Å². The van der Waals surface area contributed by atoms with Crippen LogP contribution < -0.4 is 0 Å². The van der Waals surface area contributed by atoms with Crippen molar-refractivity contribution in [2.45, 2.75) is 30.1 Å². The first-order valence-electron chi connectivity index (χ1n) is 7.07. The molecule has 21 heavy (non-hydrogen) atoms. The van der Waals surface area contributed by atoms with Crippen LogP contribution in [0.5, 0.6) is 0 Å². The van der Waals surface area contributed by atoms with E-state index in [1.807, 2.05) is 18.2 Å². The van der Waals surface area contributed by atoms with Gasteiger partial charge in [0.15, 0.2) is 0 Å². The van der Waals surface area contributed by atoms with Crippen LogP contribution in [0.4, 0.5) is 0 Å². The lowest BCUT2D eigenvalue weighted by atomic mass is 9.77. The Morgan fingerprint density at radius 3 is 2.71 bits per heavy atom. The van der Waals surface area contributed by atoms with Crippen molar-refractivity contribution in [3.05, 3.63) is 48.3 Å². The number of aromatic nitrogens is 2. The number of H-pyrrole nitrogens is 1. The van der Waals surface area contributed by atoms with Crippen molar-refractivity contribution >= 4 is 10.0 Å². The molecule has 1 fully saturated rings. The molecule has 0 amide bonds. The van der Waals surface area contributed by atoms with Crippen molar-refractivity contribution in [3.8, 4) is 0 Å². The maximum Gasteiger partial charge on any atom is 0.246 e. The van der Waals surface area contributed by atoms with Crippen molar-refractivity contribution in [3.63, 3.8) is 0 Å². The Morgan fingerprint density at radius 2 is 2.05 bits per heavy atom. The van der Waals surface area contributed by atoms with Gasteiger partial charge in [0.1, 0.15) is 4.90 Å². The molecule has 1 atom stereocenters. The highest BCUT2D eigenvalue weighted by Gasteiger charge is 2.38. The minimum atomic E-state index is -3.46. The molecule has 1 aliphatic heterocycles. The molecular formula is C15H19N3O2S. The van der Waals surface area contributed by atoms with E-state index in [1.165, 1.54) is 18.0 Å². The van der Waals surface area contributed by atoms with Crippen LogP contribution in [0.1, 0.15) is 25.3 Å². The van der Waals surface area contributed by atoms with Crippen LogP contribution in [0.25, 0.3) is 0 Å². The average molecular weight is 305 g/mol. The second kappa shape index (κ2) is 5.27. The normalized spacial score (nSPS) is 24.0. The molecule has 112 valence electrons. The Morgan fingerprint density at radius 1 is 1.29 bits per heavy atom. The van der Waals surface area contributed by atoms with Gasteiger partial charge in [-0.15, -0.1) is 0 Å². The lowest BCUT2D eigenvalue weighted by Gasteiger charge is -2.40. The Kier molecular flexibility index (Phi) is 3.59. The van der Waals surface area contributed by atoms with Gasteiger partial charge in [-0.1, -0.05) is 37.3 Å². The summed E-state index contributed by atoms with van der Waals surface area (Å²) in [5.41, 5.74) is 1.05. The zero-order chi connectivity index (χ0) is 14.9. The lowest BCUT2D eigenvalue weighted by molar-refractivity contribution is 0.240. The van der Waals surface area contributed by atoms with E-state index in [0.717, 1.165) is 12.8 Å². The first kappa shape index (κ1) is 14.3. The van der Waals surface area contributed by atoms with Crippen LogP contribution in [0.15, 0.2) is 47.6 Å². The molecular weight excluding hydrogens is 286 g/mol. The second-order valence-electron chi connectivity index (χ2n) is 5.80. The molecule has 1 aromatic heterocycles. The van der Waals surface area contributed by atoms with E-state index in [0.29, 0.717) is 13.1 Å². The molecule has 5 nitrogen and oxygen atoms in total. The molecule has 3 rings (SSSR count). The van der Waals surface area contributed by atoms with Gasteiger partial charge in [-0.2, -0.15) is 9.40 Å². The molecule has 0 radical (unpaired) electrons. The number of sulfonamides is 1. The van der Waals surface area contributed by atoms with Crippen LogP contribution in [0.3, 0.4) is 0 Å². The van der Waals surface area contributed by atoms with Crippen LogP contribution in [0, 0.1) is 0 Å². The van der Waals surface area contributed by atoms with Gasteiger partial charge < -0.3 is 0 Å². The SMILES string of the molecule is C[C@@]1(c2ccccc2)CCCN(S(=O)(=O)c2cn[nH]c2)C1. The van der Waals surface area contributed by atoms with Gasteiger partial charge in [-0.3, -0.25) is 5.10 Å². The Hall–Kier alpha value is -1.66. The molecule has 1 aliphatic rings. The van der Waals surface area contributed by atoms with Crippen molar-refractivity contribution < 1.29 is 8.42 Å². The number of hydrogen-bond donors (Lipinski definition) is 1. The topological polar surface area (TPSA) is 66.1 Å². The van der Waals surface area contributed by atoms with Gasteiger partial charge in [0.25, 0.3) is 0 Å². The fourth-order valence-electron chi connectivity index (χ4n) is 3.00. The molecule has 0 spiro atoms. The third-order valence-electron chi connectivity index (χ3n) is 4.24. The van der Waals surface area contributed by atoms with E-state index in [4.69, 9.17) is 0 Å². The fraction of sp³-hybridized carbons (Fsp3) is 0.400. The number of hydrogen-bond acceptors (Lipinski definition) is 3. The van der Waals surface area contributed by atoms with Gasteiger partial charge in [-0.25, -0.2) is 8.42 Å². The zero-order valence-electron chi connectivity index (χ0n) is 12.0. The van der Waals surface area contributed by atoms with E-state index in [9.17, 15) is 8.42 Å². The van der Waals surface area contributed by atoms with E-state index in [-0.39, 0.29) is 10.3 Å². The summed E-state index contributed by atoms with van der Waals surface area (Å²) >= 11 is 0. The highest BCUT2D eigenvalue weighted by Crippen LogP contribution is 2.35. The van der Waals surface area contributed by atoms with Crippen LogP contribution in [0.2, 0.25) is 0 Å². The summed E-state index contributed by atoms with van der Waals surface area (Å²) in [7, 11) is -3.46. The predicted molar refractivity (Wildman–Crippen MR) is 80.4 cm³/mol. The zero-order valence-corrected chi connectivity index (χ0v) is 12.8. The second-order valence-corrected chi connectivity index (χ2v) is 7.74. The van der Waals surface area contributed by atoms with Gasteiger partial charge in [-0.05, 0) is 18.4 Å². The highest BCUT2D eigenvalue weighted by atomic mass is 32.2. The van der Waals surface area contributed by atoms with Gasteiger partial charge in [0.2, 0.25) is 10.0 Å². The molecule has 0 saturated carbocycles. The molecule has 6 heteroatoms.